The molecule has 128 valence electrons. The van der Waals surface area contributed by atoms with Crippen molar-refractivity contribution in [3.8, 4) is 0 Å². The Hall–Kier alpha value is -0.840. The Morgan fingerprint density at radius 2 is 1.52 bits per heavy atom. The van der Waals surface area contributed by atoms with Gasteiger partial charge in [-0.3, -0.25) is 9.48 Å². The highest BCUT2D eigenvalue weighted by Gasteiger charge is 2.35. The number of hydrogen-bond donors (Lipinski definition) is 0. The van der Waals surface area contributed by atoms with Crippen molar-refractivity contribution in [2.75, 3.05) is 0 Å². The molecule has 0 bridgehead atoms. The van der Waals surface area contributed by atoms with E-state index in [2.05, 4.69) is 25.9 Å². The molecule has 23 heavy (non-hydrogen) atoms. The molecule has 3 rings (SSSR count). The molecule has 0 spiro atoms. The van der Waals surface area contributed by atoms with Crippen LogP contribution in [0.5, 0.6) is 0 Å². The molecule has 0 N–H and O–H groups in total. The van der Waals surface area contributed by atoms with E-state index in [0.717, 1.165) is 35.8 Å². The molecule has 0 atom stereocenters. The summed E-state index contributed by atoms with van der Waals surface area (Å²) >= 11 is 3.59. The van der Waals surface area contributed by atoms with Gasteiger partial charge in [0.05, 0.1) is 10.2 Å². The number of nitrogens with zero attached hydrogens (tertiary/aromatic N) is 3. The molecule has 4 nitrogen and oxygen atoms in total. The molecule has 0 aliphatic heterocycles. The molecular weight excluding hydrogens is 354 g/mol. The smallest absolute Gasteiger partial charge is 0.276 e. The second-order valence-electron chi connectivity index (χ2n) is 7.17. The van der Waals surface area contributed by atoms with Crippen molar-refractivity contribution in [1.29, 1.82) is 0 Å². The van der Waals surface area contributed by atoms with Gasteiger partial charge < -0.3 is 4.90 Å². The highest BCUT2D eigenvalue weighted by molar-refractivity contribution is 9.10. The molecule has 0 radical (unpaired) electrons. The Labute approximate surface area is 147 Å². The van der Waals surface area contributed by atoms with Crippen molar-refractivity contribution in [3.63, 3.8) is 0 Å². The molecule has 1 aromatic heterocycles. The standard InChI is InChI=1S/C18H28BrN3O/c1-13-16(19)17(20-21(13)2)18(23)22(14-9-5-3-6-10-14)15-11-7-4-8-12-15/h14-15H,3-12H2,1-2H3. The third kappa shape index (κ3) is 3.49. The predicted octanol–water partition coefficient (Wildman–Crippen LogP) is 4.60. The van der Waals surface area contributed by atoms with Gasteiger partial charge in [-0.05, 0) is 48.5 Å². The molecule has 2 saturated carbocycles. The Morgan fingerprint density at radius 1 is 1.04 bits per heavy atom. The molecule has 2 aliphatic rings. The first-order valence-corrected chi connectivity index (χ1v) is 9.90. The van der Waals surface area contributed by atoms with Crippen LogP contribution >= 0.6 is 15.9 Å². The summed E-state index contributed by atoms with van der Waals surface area (Å²) in [5.74, 6) is 0.138. The summed E-state index contributed by atoms with van der Waals surface area (Å²) in [5.41, 5.74) is 1.61. The van der Waals surface area contributed by atoms with Crippen molar-refractivity contribution in [3.05, 3.63) is 15.9 Å². The van der Waals surface area contributed by atoms with E-state index < -0.39 is 0 Å². The van der Waals surface area contributed by atoms with Crippen LogP contribution in [-0.2, 0) is 7.05 Å². The SMILES string of the molecule is Cc1c(Br)c(C(=O)N(C2CCCCC2)C2CCCCC2)nn1C. The van der Waals surface area contributed by atoms with Crippen LogP contribution in [0, 0.1) is 6.92 Å². The highest BCUT2D eigenvalue weighted by Crippen LogP contribution is 2.32. The minimum absolute atomic E-state index is 0.138. The van der Waals surface area contributed by atoms with E-state index in [1.165, 1.54) is 38.5 Å². The topological polar surface area (TPSA) is 38.1 Å². The van der Waals surface area contributed by atoms with E-state index in [-0.39, 0.29) is 5.91 Å². The van der Waals surface area contributed by atoms with Crippen LogP contribution in [0.2, 0.25) is 0 Å². The predicted molar refractivity (Wildman–Crippen MR) is 95.6 cm³/mol. The summed E-state index contributed by atoms with van der Waals surface area (Å²) in [6, 6.07) is 0.821. The first kappa shape index (κ1) is 17.0. The largest absolute Gasteiger partial charge is 0.331 e. The lowest BCUT2D eigenvalue weighted by Crippen LogP contribution is -2.49. The Morgan fingerprint density at radius 3 is 1.91 bits per heavy atom. The van der Waals surface area contributed by atoms with Gasteiger partial charge in [0.15, 0.2) is 5.69 Å². The molecule has 1 heterocycles. The van der Waals surface area contributed by atoms with Crippen molar-refractivity contribution in [2.45, 2.75) is 83.2 Å². The van der Waals surface area contributed by atoms with Gasteiger partial charge >= 0.3 is 0 Å². The fourth-order valence-electron chi connectivity index (χ4n) is 4.19. The molecule has 2 aliphatic carbocycles. The van der Waals surface area contributed by atoms with Crippen molar-refractivity contribution < 1.29 is 4.79 Å². The number of aromatic nitrogens is 2. The van der Waals surface area contributed by atoms with Gasteiger partial charge in [-0.15, -0.1) is 0 Å². The van der Waals surface area contributed by atoms with Crippen molar-refractivity contribution >= 4 is 21.8 Å². The van der Waals surface area contributed by atoms with Crippen LogP contribution in [-0.4, -0.2) is 32.7 Å². The second-order valence-corrected chi connectivity index (χ2v) is 7.96. The molecule has 2 fully saturated rings. The third-order valence-electron chi connectivity index (χ3n) is 5.63. The normalized spacial score (nSPS) is 20.7. The highest BCUT2D eigenvalue weighted by atomic mass is 79.9. The number of carbonyl (C=O) groups excluding carboxylic acids is 1. The van der Waals surface area contributed by atoms with Gasteiger partial charge in [0.2, 0.25) is 0 Å². The zero-order valence-corrected chi connectivity index (χ0v) is 15.9. The molecular formula is C18H28BrN3O. The van der Waals surface area contributed by atoms with Gasteiger partial charge in [0, 0.05) is 19.1 Å². The fourth-order valence-corrected chi connectivity index (χ4v) is 4.69. The molecule has 0 unspecified atom stereocenters. The average molecular weight is 382 g/mol. The number of carbonyl (C=O) groups is 1. The summed E-state index contributed by atoms with van der Waals surface area (Å²) in [4.78, 5) is 15.6. The molecule has 1 amide bonds. The lowest BCUT2D eigenvalue weighted by molar-refractivity contribution is 0.0441. The maximum Gasteiger partial charge on any atom is 0.276 e. The maximum atomic E-state index is 13.3. The van der Waals surface area contributed by atoms with Gasteiger partial charge in [-0.25, -0.2) is 0 Å². The van der Waals surface area contributed by atoms with Crippen molar-refractivity contribution in [2.24, 2.45) is 7.05 Å². The van der Waals surface area contributed by atoms with Crippen LogP contribution in [0.3, 0.4) is 0 Å². The lowest BCUT2D eigenvalue weighted by atomic mass is 9.88. The average Bonchev–Trinajstić information content (AvgIpc) is 2.84. The number of amides is 1. The summed E-state index contributed by atoms with van der Waals surface area (Å²) in [5, 5.41) is 4.50. The zero-order valence-electron chi connectivity index (χ0n) is 14.4. The third-order valence-corrected chi connectivity index (χ3v) is 6.58. The minimum atomic E-state index is 0.138. The van der Waals surface area contributed by atoms with Gasteiger partial charge in [0.25, 0.3) is 5.91 Å². The second kappa shape index (κ2) is 7.37. The number of rotatable bonds is 3. The number of aryl methyl sites for hydroxylation is 1. The monoisotopic (exact) mass is 381 g/mol. The van der Waals surface area contributed by atoms with Crippen molar-refractivity contribution in [1.82, 2.24) is 14.7 Å². The first-order chi connectivity index (χ1) is 11.1. The Kier molecular flexibility index (Phi) is 5.45. The van der Waals surface area contributed by atoms with E-state index in [4.69, 9.17) is 0 Å². The number of hydrogen-bond acceptors (Lipinski definition) is 2. The first-order valence-electron chi connectivity index (χ1n) is 9.11. The maximum absolute atomic E-state index is 13.3. The van der Waals surface area contributed by atoms with Gasteiger partial charge in [-0.1, -0.05) is 38.5 Å². The number of halogens is 1. The van der Waals surface area contributed by atoms with E-state index >= 15 is 0 Å². The molecule has 1 aromatic rings. The van der Waals surface area contributed by atoms with Gasteiger partial charge in [0.1, 0.15) is 0 Å². The van der Waals surface area contributed by atoms with E-state index in [1.54, 1.807) is 4.68 Å². The summed E-state index contributed by atoms with van der Waals surface area (Å²) < 4.78 is 2.67. The fraction of sp³-hybridized carbons (Fsp3) is 0.778. The zero-order chi connectivity index (χ0) is 16.4. The van der Waals surface area contributed by atoms with Crippen LogP contribution in [0.15, 0.2) is 4.47 Å². The summed E-state index contributed by atoms with van der Waals surface area (Å²) in [6.45, 7) is 2.00. The molecule has 0 aromatic carbocycles. The Balaban J connectivity index is 1.89. The quantitative estimate of drug-likeness (QED) is 0.766. The lowest BCUT2D eigenvalue weighted by Gasteiger charge is -2.41. The van der Waals surface area contributed by atoms with Gasteiger partial charge in [-0.2, -0.15) is 5.10 Å². The van der Waals surface area contributed by atoms with Crippen LogP contribution in [0.25, 0.3) is 0 Å². The van der Waals surface area contributed by atoms with E-state index in [9.17, 15) is 4.79 Å². The summed E-state index contributed by atoms with van der Waals surface area (Å²) in [6.07, 6.45) is 12.3. The summed E-state index contributed by atoms with van der Waals surface area (Å²) in [7, 11) is 1.91. The van der Waals surface area contributed by atoms with E-state index in [1.807, 2.05) is 14.0 Å². The van der Waals surface area contributed by atoms with Crippen LogP contribution in [0.4, 0.5) is 0 Å². The van der Waals surface area contributed by atoms with Crippen LogP contribution < -0.4 is 0 Å². The molecule has 0 saturated heterocycles. The molecule has 5 heteroatoms. The van der Waals surface area contributed by atoms with E-state index in [0.29, 0.717) is 17.8 Å². The minimum Gasteiger partial charge on any atom is -0.331 e. The Bertz CT molecular complexity index is 539. The van der Waals surface area contributed by atoms with Crippen LogP contribution in [0.1, 0.15) is 80.4 Å².